The van der Waals surface area contributed by atoms with Crippen LogP contribution in [-0.2, 0) is 14.4 Å². The average molecular weight is 405 g/mol. The maximum Gasteiger partial charge on any atom is 0.334 e. The zero-order chi connectivity index (χ0) is 21.3. The summed E-state index contributed by atoms with van der Waals surface area (Å²) < 4.78 is 0. The molecule has 1 spiro atoms. The second-order valence-electron chi connectivity index (χ2n) is 8.55. The zero-order valence-electron chi connectivity index (χ0n) is 17.2. The Balaban J connectivity index is 1.73. The molecule has 0 radical (unpaired) electrons. The number of imide groups is 2. The van der Waals surface area contributed by atoms with Gasteiger partial charge in [-0.25, -0.2) is 4.79 Å². The molecule has 160 valence electrons. The number of barbiturate groups is 1. The van der Waals surface area contributed by atoms with Crippen molar-refractivity contribution in [1.82, 2.24) is 15.1 Å². The van der Waals surface area contributed by atoms with E-state index in [1.165, 1.54) is 4.90 Å². The molecule has 3 fully saturated rings. The summed E-state index contributed by atoms with van der Waals surface area (Å²) in [6.07, 6.45) is 6.17. The molecule has 9 heteroatoms. The normalized spacial score (nSPS) is 29.9. The molecule has 3 aliphatic rings. The van der Waals surface area contributed by atoms with E-state index in [4.69, 9.17) is 11.5 Å². The molecular weight excluding hydrogens is 374 g/mol. The van der Waals surface area contributed by atoms with E-state index >= 15 is 0 Å². The predicted molar refractivity (Wildman–Crippen MR) is 106 cm³/mol. The molecule has 1 saturated heterocycles. The van der Waals surface area contributed by atoms with Crippen molar-refractivity contribution in [3.63, 3.8) is 0 Å². The van der Waals surface area contributed by atoms with Gasteiger partial charge in [-0.1, -0.05) is 13.3 Å². The highest BCUT2D eigenvalue weighted by atomic mass is 16.2. The summed E-state index contributed by atoms with van der Waals surface area (Å²) in [6, 6.07) is -0.859. The smallest absolute Gasteiger partial charge is 0.334 e. The van der Waals surface area contributed by atoms with E-state index in [0.717, 1.165) is 37.0 Å². The van der Waals surface area contributed by atoms with Crippen LogP contribution in [0.1, 0.15) is 58.3 Å². The van der Waals surface area contributed by atoms with E-state index in [-0.39, 0.29) is 41.2 Å². The zero-order valence-corrected chi connectivity index (χ0v) is 17.2. The summed E-state index contributed by atoms with van der Waals surface area (Å²) in [7, 11) is 1.65. The fraction of sp³-hybridized carbons (Fsp3) is 0.700. The van der Waals surface area contributed by atoms with Crippen LogP contribution in [-0.4, -0.2) is 53.2 Å². The van der Waals surface area contributed by atoms with Crippen LogP contribution < -0.4 is 16.8 Å². The minimum atomic E-state index is -0.704. The van der Waals surface area contributed by atoms with Gasteiger partial charge in [0, 0.05) is 25.6 Å². The molecule has 9 nitrogen and oxygen atoms in total. The summed E-state index contributed by atoms with van der Waals surface area (Å²) in [4.78, 5) is 52.6. The third kappa shape index (κ3) is 3.70. The quantitative estimate of drug-likeness (QED) is 0.456. The van der Waals surface area contributed by atoms with Crippen LogP contribution in [0.2, 0.25) is 0 Å². The van der Waals surface area contributed by atoms with Crippen LogP contribution in [0.25, 0.3) is 0 Å². The summed E-state index contributed by atoms with van der Waals surface area (Å²) in [5.74, 6) is -1.60. The monoisotopic (exact) mass is 405 g/mol. The van der Waals surface area contributed by atoms with Crippen molar-refractivity contribution in [1.29, 1.82) is 0 Å². The van der Waals surface area contributed by atoms with Gasteiger partial charge >= 0.3 is 6.03 Å². The van der Waals surface area contributed by atoms with Gasteiger partial charge in [-0.3, -0.25) is 24.2 Å². The van der Waals surface area contributed by atoms with E-state index in [9.17, 15) is 19.2 Å². The first kappa shape index (κ1) is 21.1. The standard InChI is InChI=1S/C20H31N5O4/c1-3-4-9-24-17(27)14(15(21)22)18(28)25(19(24)29)13-5-7-20(8-6-13)10-12(11-20)16(26)23-2/h12-13H,3-11,21-22H2,1-2H3,(H,23,26). The van der Waals surface area contributed by atoms with Gasteiger partial charge in [0.05, 0.1) is 0 Å². The number of hydrogen-bond acceptors (Lipinski definition) is 6. The van der Waals surface area contributed by atoms with Gasteiger partial charge in [0.1, 0.15) is 11.4 Å². The van der Waals surface area contributed by atoms with Crippen molar-refractivity contribution in [3.05, 3.63) is 11.4 Å². The lowest BCUT2D eigenvalue weighted by atomic mass is 9.55. The van der Waals surface area contributed by atoms with Crippen molar-refractivity contribution in [2.45, 2.75) is 64.3 Å². The lowest BCUT2D eigenvalue weighted by Crippen LogP contribution is -2.61. The minimum absolute atomic E-state index is 0.0588. The Morgan fingerprint density at radius 1 is 1.14 bits per heavy atom. The number of carbonyl (C=O) groups is 4. The number of amides is 5. The maximum absolute atomic E-state index is 13.0. The predicted octanol–water partition coefficient (Wildman–Crippen LogP) is 0.791. The lowest BCUT2D eigenvalue weighted by molar-refractivity contribution is -0.139. The van der Waals surface area contributed by atoms with Gasteiger partial charge in [-0.2, -0.15) is 0 Å². The third-order valence-electron chi connectivity index (χ3n) is 6.71. The van der Waals surface area contributed by atoms with Crippen LogP contribution >= 0.6 is 0 Å². The fourth-order valence-electron chi connectivity index (χ4n) is 4.99. The van der Waals surface area contributed by atoms with Crippen molar-refractivity contribution in [2.24, 2.45) is 22.8 Å². The maximum atomic E-state index is 13.0. The number of nitrogens with zero attached hydrogens (tertiary/aromatic N) is 2. The van der Waals surface area contributed by atoms with Crippen LogP contribution in [0.4, 0.5) is 4.79 Å². The number of nitrogens with two attached hydrogens (primary N) is 2. The SMILES string of the molecule is CCCCN1C(=O)C(=C(N)N)C(=O)N(C2CCC3(CC2)CC(C(=O)NC)C3)C1=O. The van der Waals surface area contributed by atoms with Gasteiger partial charge in [0.15, 0.2) is 0 Å². The van der Waals surface area contributed by atoms with Crippen molar-refractivity contribution >= 4 is 23.8 Å². The first-order valence-corrected chi connectivity index (χ1v) is 10.4. The molecule has 1 heterocycles. The lowest BCUT2D eigenvalue weighted by Gasteiger charge is -2.52. The van der Waals surface area contributed by atoms with E-state index in [0.29, 0.717) is 19.3 Å². The van der Waals surface area contributed by atoms with Gasteiger partial charge in [0.2, 0.25) is 5.91 Å². The molecule has 29 heavy (non-hydrogen) atoms. The number of urea groups is 1. The largest absolute Gasteiger partial charge is 0.385 e. The van der Waals surface area contributed by atoms with Crippen molar-refractivity contribution in [2.75, 3.05) is 13.6 Å². The van der Waals surface area contributed by atoms with Gasteiger partial charge in [0.25, 0.3) is 11.8 Å². The van der Waals surface area contributed by atoms with E-state index < -0.39 is 17.8 Å². The number of rotatable bonds is 5. The van der Waals surface area contributed by atoms with E-state index in [2.05, 4.69) is 5.32 Å². The Morgan fingerprint density at radius 3 is 2.28 bits per heavy atom. The first-order chi connectivity index (χ1) is 13.7. The number of carbonyl (C=O) groups excluding carboxylic acids is 4. The second kappa shape index (κ2) is 8.04. The number of hydrogen-bond donors (Lipinski definition) is 3. The molecule has 3 rings (SSSR count). The Hall–Kier alpha value is -2.58. The van der Waals surface area contributed by atoms with Crippen molar-refractivity contribution in [3.8, 4) is 0 Å². The van der Waals surface area contributed by atoms with Gasteiger partial charge in [-0.05, 0) is 50.4 Å². The number of unbranched alkanes of at least 4 members (excludes halogenated alkanes) is 1. The Morgan fingerprint density at radius 2 is 1.76 bits per heavy atom. The second-order valence-corrected chi connectivity index (χ2v) is 8.55. The summed E-state index contributed by atoms with van der Waals surface area (Å²) >= 11 is 0. The van der Waals surface area contributed by atoms with Crippen LogP contribution in [0.5, 0.6) is 0 Å². The average Bonchev–Trinajstić information content (AvgIpc) is 2.65. The molecular formula is C20H31N5O4. The van der Waals surface area contributed by atoms with Crippen LogP contribution in [0.15, 0.2) is 11.4 Å². The molecule has 1 aliphatic heterocycles. The molecule has 5 N–H and O–H groups in total. The molecule has 0 atom stereocenters. The van der Waals surface area contributed by atoms with E-state index in [1.54, 1.807) is 7.05 Å². The number of nitrogens with one attached hydrogen (secondary N) is 1. The molecule has 0 aromatic carbocycles. The Bertz CT molecular complexity index is 742. The van der Waals surface area contributed by atoms with Crippen LogP contribution in [0, 0.1) is 11.3 Å². The minimum Gasteiger partial charge on any atom is -0.385 e. The molecule has 0 aromatic heterocycles. The highest BCUT2D eigenvalue weighted by molar-refractivity contribution is 6.29. The summed E-state index contributed by atoms with van der Waals surface area (Å²) in [6.45, 7) is 2.19. The summed E-state index contributed by atoms with van der Waals surface area (Å²) in [5.41, 5.74) is 11.1. The third-order valence-corrected chi connectivity index (χ3v) is 6.71. The highest BCUT2D eigenvalue weighted by Crippen LogP contribution is 2.55. The Labute approximate surface area is 170 Å². The fourth-order valence-corrected chi connectivity index (χ4v) is 4.99. The molecule has 0 unspecified atom stereocenters. The molecule has 2 saturated carbocycles. The highest BCUT2D eigenvalue weighted by Gasteiger charge is 2.52. The molecule has 5 amide bonds. The van der Waals surface area contributed by atoms with Crippen LogP contribution in [0.3, 0.4) is 0 Å². The van der Waals surface area contributed by atoms with E-state index in [1.807, 2.05) is 6.92 Å². The summed E-state index contributed by atoms with van der Waals surface area (Å²) in [5, 5.41) is 2.70. The van der Waals surface area contributed by atoms with Gasteiger partial charge in [-0.15, -0.1) is 0 Å². The molecule has 0 bridgehead atoms. The van der Waals surface area contributed by atoms with Crippen molar-refractivity contribution < 1.29 is 19.2 Å². The topological polar surface area (TPSA) is 139 Å². The molecule has 0 aromatic rings. The Kier molecular flexibility index (Phi) is 5.86. The molecule has 2 aliphatic carbocycles. The van der Waals surface area contributed by atoms with Gasteiger partial charge < -0.3 is 16.8 Å². The first-order valence-electron chi connectivity index (χ1n) is 10.4.